The van der Waals surface area contributed by atoms with E-state index in [0.717, 1.165) is 19.1 Å². The van der Waals surface area contributed by atoms with Crippen LogP contribution in [0.2, 0.25) is 0 Å². The van der Waals surface area contributed by atoms with Gasteiger partial charge in [0.1, 0.15) is 5.69 Å². The van der Waals surface area contributed by atoms with Crippen LogP contribution in [0, 0.1) is 17.0 Å². The van der Waals surface area contributed by atoms with E-state index in [1.54, 1.807) is 0 Å². The molecule has 0 aliphatic carbocycles. The monoisotopic (exact) mass is 234 g/mol. The van der Waals surface area contributed by atoms with Crippen molar-refractivity contribution in [2.24, 2.45) is 0 Å². The summed E-state index contributed by atoms with van der Waals surface area (Å²) in [5.74, 6) is 0. The fraction of sp³-hybridized carbons (Fsp3) is 0.333. The maximum absolute atomic E-state index is 12.5. The lowest BCUT2D eigenvalue weighted by Gasteiger charge is -2.12. The van der Waals surface area contributed by atoms with E-state index in [9.17, 15) is 23.3 Å². The molecule has 0 aliphatic rings. The highest BCUT2D eigenvalue weighted by Gasteiger charge is 2.36. The van der Waals surface area contributed by atoms with Gasteiger partial charge in [-0.25, -0.2) is 0 Å². The number of nitro benzene ring substituents is 1. The first-order valence-electron chi connectivity index (χ1n) is 4.32. The number of benzene rings is 1. The van der Waals surface area contributed by atoms with E-state index in [-0.39, 0.29) is 11.3 Å². The van der Waals surface area contributed by atoms with E-state index in [2.05, 4.69) is 5.32 Å². The van der Waals surface area contributed by atoms with Crippen molar-refractivity contribution in [2.75, 3.05) is 12.4 Å². The van der Waals surface area contributed by atoms with Crippen LogP contribution in [0.15, 0.2) is 12.1 Å². The molecule has 1 rings (SSSR count). The van der Waals surface area contributed by atoms with E-state index < -0.39 is 22.4 Å². The van der Waals surface area contributed by atoms with Gasteiger partial charge in [0, 0.05) is 12.6 Å². The third kappa shape index (κ3) is 2.07. The molecule has 0 fully saturated rings. The Morgan fingerprint density at radius 1 is 1.38 bits per heavy atom. The average molecular weight is 234 g/mol. The minimum absolute atomic E-state index is 0.0653. The van der Waals surface area contributed by atoms with Crippen LogP contribution in [0.25, 0.3) is 0 Å². The quantitative estimate of drug-likeness (QED) is 0.632. The zero-order valence-electron chi connectivity index (χ0n) is 8.55. The molecule has 0 amide bonds. The predicted octanol–water partition coefficient (Wildman–Crippen LogP) is 2.96. The van der Waals surface area contributed by atoms with Crippen LogP contribution in [0.3, 0.4) is 0 Å². The molecular formula is C9H9F3N2O2. The number of alkyl halides is 3. The number of anilines is 1. The van der Waals surface area contributed by atoms with Gasteiger partial charge in [0.05, 0.1) is 10.5 Å². The van der Waals surface area contributed by atoms with Gasteiger partial charge in [-0.1, -0.05) is 0 Å². The normalized spacial score (nSPS) is 11.3. The Bertz CT molecular complexity index is 429. The molecular weight excluding hydrogens is 225 g/mol. The second-order valence-corrected chi connectivity index (χ2v) is 3.14. The van der Waals surface area contributed by atoms with Gasteiger partial charge in [-0.3, -0.25) is 10.1 Å². The zero-order chi connectivity index (χ0) is 12.5. The van der Waals surface area contributed by atoms with Gasteiger partial charge in [-0.05, 0) is 19.1 Å². The van der Waals surface area contributed by atoms with Crippen molar-refractivity contribution < 1.29 is 18.1 Å². The van der Waals surface area contributed by atoms with Gasteiger partial charge in [0.15, 0.2) is 0 Å². The number of hydrogen-bond donors (Lipinski definition) is 1. The van der Waals surface area contributed by atoms with Crippen LogP contribution in [0.5, 0.6) is 0 Å². The van der Waals surface area contributed by atoms with Crippen molar-refractivity contribution in [3.8, 4) is 0 Å². The highest BCUT2D eigenvalue weighted by atomic mass is 19.4. The lowest BCUT2D eigenvalue weighted by atomic mass is 10.0. The Labute approximate surface area is 89.2 Å². The number of nitrogens with one attached hydrogen (secondary N) is 1. The maximum Gasteiger partial charge on any atom is 0.416 e. The van der Waals surface area contributed by atoms with Crippen molar-refractivity contribution >= 4 is 11.4 Å². The molecule has 0 atom stereocenters. The molecule has 0 saturated heterocycles. The summed E-state index contributed by atoms with van der Waals surface area (Å²) in [6, 6.07) is 1.88. The number of rotatable bonds is 2. The number of nitro groups is 1. The standard InChI is InChI=1S/C9H9F3N2O2/c1-5-6(9(10,11)12)3-4-7(13-2)8(5)14(15)16/h3-4,13H,1-2H3. The molecule has 16 heavy (non-hydrogen) atoms. The number of hydrogen-bond acceptors (Lipinski definition) is 3. The van der Waals surface area contributed by atoms with Crippen LogP contribution in [-0.4, -0.2) is 12.0 Å². The Hall–Kier alpha value is -1.79. The Kier molecular flexibility index (Phi) is 3.06. The third-order valence-corrected chi connectivity index (χ3v) is 2.19. The fourth-order valence-corrected chi connectivity index (χ4v) is 1.44. The largest absolute Gasteiger partial charge is 0.416 e. The molecule has 0 spiro atoms. The molecule has 0 aliphatic heterocycles. The van der Waals surface area contributed by atoms with E-state index in [0.29, 0.717) is 0 Å². The number of nitrogens with zero attached hydrogens (tertiary/aromatic N) is 1. The lowest BCUT2D eigenvalue weighted by Crippen LogP contribution is -2.10. The van der Waals surface area contributed by atoms with Crippen LogP contribution in [0.1, 0.15) is 11.1 Å². The first-order valence-corrected chi connectivity index (χ1v) is 4.32. The molecule has 0 saturated carbocycles. The van der Waals surface area contributed by atoms with E-state index in [1.165, 1.54) is 7.05 Å². The molecule has 0 heterocycles. The second-order valence-electron chi connectivity index (χ2n) is 3.14. The van der Waals surface area contributed by atoms with E-state index in [4.69, 9.17) is 0 Å². The zero-order valence-corrected chi connectivity index (χ0v) is 8.55. The van der Waals surface area contributed by atoms with E-state index in [1.807, 2.05) is 0 Å². The fourth-order valence-electron chi connectivity index (χ4n) is 1.44. The summed E-state index contributed by atoms with van der Waals surface area (Å²) in [5, 5.41) is 13.2. The SMILES string of the molecule is CNc1ccc(C(F)(F)F)c(C)c1[N+](=O)[O-]. The Morgan fingerprint density at radius 3 is 2.31 bits per heavy atom. The third-order valence-electron chi connectivity index (χ3n) is 2.19. The summed E-state index contributed by atoms with van der Waals surface area (Å²) in [4.78, 5) is 9.86. The van der Waals surface area contributed by atoms with Crippen LogP contribution >= 0.6 is 0 Å². The molecule has 1 aromatic carbocycles. The van der Waals surface area contributed by atoms with Gasteiger partial charge in [-0.15, -0.1) is 0 Å². The highest BCUT2D eigenvalue weighted by molar-refractivity contribution is 5.67. The highest BCUT2D eigenvalue weighted by Crippen LogP contribution is 2.38. The van der Waals surface area contributed by atoms with Gasteiger partial charge >= 0.3 is 6.18 Å². The van der Waals surface area contributed by atoms with Crippen molar-refractivity contribution in [3.05, 3.63) is 33.4 Å². The summed E-state index contributed by atoms with van der Waals surface area (Å²) in [7, 11) is 1.41. The summed E-state index contributed by atoms with van der Waals surface area (Å²) < 4.78 is 37.5. The van der Waals surface area contributed by atoms with Crippen LogP contribution < -0.4 is 5.32 Å². The Morgan fingerprint density at radius 2 is 1.94 bits per heavy atom. The minimum Gasteiger partial charge on any atom is -0.383 e. The molecule has 0 unspecified atom stereocenters. The van der Waals surface area contributed by atoms with Crippen molar-refractivity contribution in [1.29, 1.82) is 0 Å². The first-order chi connectivity index (χ1) is 7.29. The van der Waals surface area contributed by atoms with Crippen molar-refractivity contribution in [2.45, 2.75) is 13.1 Å². The molecule has 0 bridgehead atoms. The molecule has 1 aromatic rings. The van der Waals surface area contributed by atoms with Gasteiger partial charge in [0.2, 0.25) is 0 Å². The molecule has 4 nitrogen and oxygen atoms in total. The van der Waals surface area contributed by atoms with Gasteiger partial charge < -0.3 is 5.32 Å². The number of halogens is 3. The summed E-state index contributed by atoms with van der Waals surface area (Å²) in [6.07, 6.45) is -4.58. The van der Waals surface area contributed by atoms with Crippen molar-refractivity contribution in [3.63, 3.8) is 0 Å². The predicted molar refractivity (Wildman–Crippen MR) is 52.4 cm³/mol. The van der Waals surface area contributed by atoms with Crippen LogP contribution in [-0.2, 0) is 6.18 Å². The minimum atomic E-state index is -4.58. The molecule has 0 radical (unpaired) electrons. The topological polar surface area (TPSA) is 55.2 Å². The maximum atomic E-state index is 12.5. The summed E-state index contributed by atoms with van der Waals surface area (Å²) in [5.41, 5.74) is -1.85. The smallest absolute Gasteiger partial charge is 0.383 e. The summed E-state index contributed by atoms with van der Waals surface area (Å²) in [6.45, 7) is 1.09. The molecule has 1 N–H and O–H groups in total. The van der Waals surface area contributed by atoms with Crippen LogP contribution in [0.4, 0.5) is 24.5 Å². The van der Waals surface area contributed by atoms with E-state index >= 15 is 0 Å². The van der Waals surface area contributed by atoms with Gasteiger partial charge in [0.25, 0.3) is 5.69 Å². The van der Waals surface area contributed by atoms with Crippen molar-refractivity contribution in [1.82, 2.24) is 0 Å². The molecule has 0 aromatic heterocycles. The second kappa shape index (κ2) is 3.99. The average Bonchev–Trinajstić information content (AvgIpc) is 2.14. The molecule has 7 heteroatoms. The Balaban J connectivity index is 3.50. The molecule has 88 valence electrons. The first kappa shape index (κ1) is 12.3. The lowest BCUT2D eigenvalue weighted by molar-refractivity contribution is -0.384. The van der Waals surface area contributed by atoms with Gasteiger partial charge in [-0.2, -0.15) is 13.2 Å². The summed E-state index contributed by atoms with van der Waals surface area (Å²) >= 11 is 0.